The van der Waals surface area contributed by atoms with Gasteiger partial charge in [0.25, 0.3) is 0 Å². The molecule has 0 aromatic heterocycles. The van der Waals surface area contributed by atoms with Crippen molar-refractivity contribution in [3.8, 4) is 0 Å². The van der Waals surface area contributed by atoms with Crippen molar-refractivity contribution in [3.63, 3.8) is 0 Å². The lowest BCUT2D eigenvalue weighted by molar-refractivity contribution is 0.249. The van der Waals surface area contributed by atoms with Crippen LogP contribution in [-0.2, 0) is 0 Å². The van der Waals surface area contributed by atoms with Gasteiger partial charge in [0.2, 0.25) is 0 Å². The molecule has 0 atom stereocenters. The van der Waals surface area contributed by atoms with E-state index in [1.54, 1.807) is 0 Å². The highest BCUT2D eigenvalue weighted by atomic mass is 35.5. The molecule has 3 N–H and O–H groups in total. The molecule has 0 spiro atoms. The van der Waals surface area contributed by atoms with Crippen molar-refractivity contribution < 1.29 is 13.6 Å². The number of amides is 2. The maximum absolute atomic E-state index is 13.5. The molecule has 2 amide bonds. The Labute approximate surface area is 95.1 Å². The van der Waals surface area contributed by atoms with Gasteiger partial charge in [-0.3, -0.25) is 0 Å². The second-order valence-corrected chi connectivity index (χ2v) is 3.33. The van der Waals surface area contributed by atoms with Crippen LogP contribution in [0.3, 0.4) is 0 Å². The Hall–Kier alpha value is -1.69. The van der Waals surface area contributed by atoms with Gasteiger partial charge in [-0.25, -0.2) is 19.0 Å². The van der Waals surface area contributed by atoms with Gasteiger partial charge in [-0.15, -0.1) is 0 Å². The van der Waals surface area contributed by atoms with Gasteiger partial charge in [-0.05, 0) is 13.0 Å². The Morgan fingerprint density at radius 2 is 2.25 bits per heavy atom. The van der Waals surface area contributed by atoms with E-state index in [1.807, 2.05) is 5.43 Å². The molecule has 0 radical (unpaired) electrons. The summed E-state index contributed by atoms with van der Waals surface area (Å²) in [5, 5.41) is 3.19. The van der Waals surface area contributed by atoms with Crippen LogP contribution >= 0.6 is 11.6 Å². The molecule has 1 rings (SSSR count). The first-order chi connectivity index (χ1) is 7.43. The first-order valence-corrected chi connectivity index (χ1v) is 4.54. The molecule has 0 saturated carbocycles. The molecule has 7 heteroatoms. The van der Waals surface area contributed by atoms with Gasteiger partial charge in [-0.2, -0.15) is 5.10 Å². The molecule has 0 aliphatic rings. The van der Waals surface area contributed by atoms with Gasteiger partial charge in [0.05, 0.1) is 11.2 Å². The summed E-state index contributed by atoms with van der Waals surface area (Å²) < 4.78 is 26.5. The highest BCUT2D eigenvalue weighted by Gasteiger charge is 2.12. The number of carbonyl (C=O) groups excluding carboxylic acids is 1. The fourth-order valence-corrected chi connectivity index (χ4v) is 1.22. The van der Waals surface area contributed by atoms with Crippen molar-refractivity contribution in [2.45, 2.75) is 6.92 Å². The summed E-state index contributed by atoms with van der Waals surface area (Å²) in [6.07, 6.45) is 0.953. The zero-order valence-electron chi connectivity index (χ0n) is 8.22. The van der Waals surface area contributed by atoms with Crippen LogP contribution in [0.2, 0.25) is 5.02 Å². The van der Waals surface area contributed by atoms with Crippen molar-refractivity contribution in [2.75, 3.05) is 0 Å². The van der Waals surface area contributed by atoms with Gasteiger partial charge < -0.3 is 5.73 Å². The van der Waals surface area contributed by atoms with E-state index in [1.165, 1.54) is 6.92 Å². The maximum atomic E-state index is 13.5. The zero-order chi connectivity index (χ0) is 12.3. The van der Waals surface area contributed by atoms with E-state index in [0.717, 1.165) is 12.3 Å². The van der Waals surface area contributed by atoms with Gasteiger partial charge >= 0.3 is 6.03 Å². The normalized spacial score (nSPS) is 10.8. The minimum Gasteiger partial charge on any atom is -0.350 e. The smallest absolute Gasteiger partial charge is 0.332 e. The van der Waals surface area contributed by atoms with Crippen LogP contribution in [0.4, 0.5) is 13.6 Å². The van der Waals surface area contributed by atoms with E-state index in [4.69, 9.17) is 17.3 Å². The van der Waals surface area contributed by atoms with Crippen molar-refractivity contribution in [3.05, 3.63) is 33.9 Å². The van der Waals surface area contributed by atoms with Crippen LogP contribution in [0, 0.1) is 18.6 Å². The molecule has 0 heterocycles. The topological polar surface area (TPSA) is 67.5 Å². The van der Waals surface area contributed by atoms with Gasteiger partial charge in [0.15, 0.2) is 0 Å². The number of hydrogen-bond donors (Lipinski definition) is 2. The third kappa shape index (κ3) is 2.66. The second-order valence-electron chi connectivity index (χ2n) is 2.93. The number of hydrogen-bond acceptors (Lipinski definition) is 2. The van der Waals surface area contributed by atoms with Gasteiger partial charge in [0.1, 0.15) is 11.6 Å². The van der Waals surface area contributed by atoms with Crippen LogP contribution in [0.5, 0.6) is 0 Å². The van der Waals surface area contributed by atoms with E-state index >= 15 is 0 Å². The number of benzene rings is 1. The quantitative estimate of drug-likeness (QED) is 0.609. The van der Waals surface area contributed by atoms with Crippen molar-refractivity contribution in [1.29, 1.82) is 0 Å². The number of nitrogens with two attached hydrogens (primary N) is 1. The monoisotopic (exact) mass is 247 g/mol. The summed E-state index contributed by atoms with van der Waals surface area (Å²) in [6, 6.07) is 0.0672. The van der Waals surface area contributed by atoms with E-state index in [2.05, 4.69) is 5.10 Å². The number of nitrogens with one attached hydrogen (secondary N) is 1. The second kappa shape index (κ2) is 4.89. The number of carbonyl (C=O) groups is 1. The predicted octanol–water partition coefficient (Wildman–Crippen LogP) is 1.93. The standard InChI is InChI=1S/C9H8ClF2N3O/c1-4-7(11)2-6(10)5(8(4)12)3-14-15-9(13)16/h2-3H,1H3,(H3,13,15,16). The number of rotatable bonds is 2. The van der Waals surface area contributed by atoms with Gasteiger partial charge in [-0.1, -0.05) is 11.6 Å². The van der Waals surface area contributed by atoms with E-state index in [0.29, 0.717) is 0 Å². The average molecular weight is 248 g/mol. The molecular formula is C9H8ClF2N3O. The maximum Gasteiger partial charge on any atom is 0.332 e. The largest absolute Gasteiger partial charge is 0.350 e. The van der Waals surface area contributed by atoms with Crippen molar-refractivity contribution >= 4 is 23.8 Å². The van der Waals surface area contributed by atoms with Crippen molar-refractivity contribution in [1.82, 2.24) is 5.43 Å². The van der Waals surface area contributed by atoms with Crippen LogP contribution in [-0.4, -0.2) is 12.2 Å². The van der Waals surface area contributed by atoms with E-state index in [9.17, 15) is 13.6 Å². The third-order valence-electron chi connectivity index (χ3n) is 1.80. The highest BCUT2D eigenvalue weighted by molar-refractivity contribution is 6.33. The Kier molecular flexibility index (Phi) is 3.78. The summed E-state index contributed by atoms with van der Waals surface area (Å²) in [4.78, 5) is 10.3. The Bertz CT molecular complexity index is 463. The third-order valence-corrected chi connectivity index (χ3v) is 2.12. The van der Waals surface area contributed by atoms with E-state index < -0.39 is 17.7 Å². The lowest BCUT2D eigenvalue weighted by Gasteiger charge is -2.04. The molecular weight excluding hydrogens is 240 g/mol. The summed E-state index contributed by atoms with van der Waals surface area (Å²) in [7, 11) is 0. The fourth-order valence-electron chi connectivity index (χ4n) is 0.988. The molecule has 0 aliphatic carbocycles. The summed E-state index contributed by atoms with van der Waals surface area (Å²) in [5.41, 5.74) is 6.32. The SMILES string of the molecule is Cc1c(F)cc(Cl)c(C=NNC(N)=O)c1F. The van der Waals surface area contributed by atoms with Crippen LogP contribution in [0.15, 0.2) is 11.2 Å². The minimum absolute atomic E-state index is 0.116. The lowest BCUT2D eigenvalue weighted by atomic mass is 10.1. The minimum atomic E-state index is -0.897. The molecule has 86 valence electrons. The summed E-state index contributed by atoms with van der Waals surface area (Å²) >= 11 is 5.61. The molecule has 0 saturated heterocycles. The fraction of sp³-hybridized carbons (Fsp3) is 0.111. The molecule has 0 fully saturated rings. The van der Waals surface area contributed by atoms with Crippen molar-refractivity contribution in [2.24, 2.45) is 10.8 Å². The first kappa shape index (κ1) is 12.4. The highest BCUT2D eigenvalue weighted by Crippen LogP contribution is 2.23. The predicted molar refractivity (Wildman–Crippen MR) is 56.4 cm³/mol. The Balaban J connectivity index is 3.09. The Morgan fingerprint density at radius 3 is 2.81 bits per heavy atom. The zero-order valence-corrected chi connectivity index (χ0v) is 8.98. The first-order valence-electron chi connectivity index (χ1n) is 4.16. The average Bonchev–Trinajstić information content (AvgIpc) is 2.19. The number of halogens is 3. The number of nitrogens with zero attached hydrogens (tertiary/aromatic N) is 1. The van der Waals surface area contributed by atoms with Crippen LogP contribution in [0.1, 0.15) is 11.1 Å². The summed E-state index contributed by atoms with van der Waals surface area (Å²) in [5.74, 6) is -1.58. The number of urea groups is 1. The lowest BCUT2D eigenvalue weighted by Crippen LogP contribution is -2.24. The van der Waals surface area contributed by atoms with E-state index in [-0.39, 0.29) is 16.1 Å². The molecule has 16 heavy (non-hydrogen) atoms. The van der Waals surface area contributed by atoms with Crippen LogP contribution < -0.4 is 11.2 Å². The molecule has 0 unspecified atom stereocenters. The summed E-state index contributed by atoms with van der Waals surface area (Å²) in [6.45, 7) is 1.26. The molecule has 0 aliphatic heterocycles. The number of primary amides is 1. The van der Waals surface area contributed by atoms with Crippen LogP contribution in [0.25, 0.3) is 0 Å². The Morgan fingerprint density at radius 1 is 1.62 bits per heavy atom. The molecule has 1 aromatic rings. The molecule has 4 nitrogen and oxygen atoms in total. The number of hydrazone groups is 1. The van der Waals surface area contributed by atoms with Gasteiger partial charge in [0, 0.05) is 11.1 Å². The molecule has 1 aromatic carbocycles. The molecule has 0 bridgehead atoms.